The molecule has 0 radical (unpaired) electrons. The third-order valence-corrected chi connectivity index (χ3v) is 6.64. The molecule has 1 heterocycles. The Morgan fingerprint density at radius 3 is 2.38 bits per heavy atom. The van der Waals surface area contributed by atoms with Crippen molar-refractivity contribution >= 4 is 11.8 Å². The first-order valence-corrected chi connectivity index (χ1v) is 9.82. The van der Waals surface area contributed by atoms with Gasteiger partial charge in [0.05, 0.1) is 5.92 Å². The third-order valence-electron chi connectivity index (χ3n) is 6.64. The van der Waals surface area contributed by atoms with Crippen molar-refractivity contribution in [3.63, 3.8) is 0 Å². The maximum absolute atomic E-state index is 12.9. The summed E-state index contributed by atoms with van der Waals surface area (Å²) in [5, 5.41) is 0. The summed E-state index contributed by atoms with van der Waals surface area (Å²) in [6, 6.07) is 0.0655. The molecule has 3 fully saturated rings. The van der Waals surface area contributed by atoms with E-state index in [1.54, 1.807) is 0 Å². The highest BCUT2D eigenvalue weighted by Gasteiger charge is 2.50. The van der Waals surface area contributed by atoms with E-state index in [2.05, 4.69) is 6.92 Å². The Hall–Kier alpha value is -1.10. The van der Waals surface area contributed by atoms with E-state index in [1.807, 2.05) is 16.8 Å². The van der Waals surface area contributed by atoms with Gasteiger partial charge in [0, 0.05) is 38.6 Å². The molecule has 5 heteroatoms. The Kier molecular flexibility index (Phi) is 5.48. The highest BCUT2D eigenvalue weighted by molar-refractivity contribution is 5.82. The van der Waals surface area contributed by atoms with Crippen LogP contribution in [0.5, 0.6) is 0 Å². The Morgan fingerprint density at radius 2 is 1.79 bits per heavy atom. The van der Waals surface area contributed by atoms with Crippen molar-refractivity contribution in [2.45, 2.75) is 57.9 Å². The highest BCUT2D eigenvalue weighted by atomic mass is 16.2. The number of likely N-dealkylation sites (tertiary alicyclic amines) is 1. The van der Waals surface area contributed by atoms with Gasteiger partial charge in [-0.25, -0.2) is 0 Å². The van der Waals surface area contributed by atoms with E-state index in [9.17, 15) is 9.59 Å². The lowest BCUT2D eigenvalue weighted by Crippen LogP contribution is -2.50. The maximum atomic E-state index is 12.9. The quantitative estimate of drug-likeness (QED) is 0.834. The first kappa shape index (κ1) is 17.7. The normalized spacial score (nSPS) is 33.0. The minimum atomic E-state index is 0.0447. The van der Waals surface area contributed by atoms with Crippen molar-refractivity contribution in [1.29, 1.82) is 0 Å². The summed E-state index contributed by atoms with van der Waals surface area (Å²) in [6.45, 7) is 4.42. The van der Waals surface area contributed by atoms with Gasteiger partial charge in [-0.15, -0.1) is 0 Å². The van der Waals surface area contributed by atoms with Crippen molar-refractivity contribution in [3.05, 3.63) is 0 Å². The molecule has 3 rings (SSSR count). The van der Waals surface area contributed by atoms with Crippen LogP contribution in [-0.4, -0.2) is 54.3 Å². The fourth-order valence-electron chi connectivity index (χ4n) is 5.08. The predicted octanol–water partition coefficient (Wildman–Crippen LogP) is 1.86. The van der Waals surface area contributed by atoms with Gasteiger partial charge in [-0.3, -0.25) is 9.59 Å². The monoisotopic (exact) mass is 335 g/mol. The summed E-state index contributed by atoms with van der Waals surface area (Å²) in [6.07, 6.45) is 7.29. The van der Waals surface area contributed by atoms with Gasteiger partial charge < -0.3 is 15.5 Å². The molecule has 4 unspecified atom stereocenters. The molecule has 2 aliphatic carbocycles. The number of piperidine rings is 1. The van der Waals surface area contributed by atoms with E-state index in [1.165, 1.54) is 12.8 Å². The number of carbonyl (C=O) groups is 2. The Bertz CT molecular complexity index is 471. The van der Waals surface area contributed by atoms with Gasteiger partial charge in [0.15, 0.2) is 0 Å². The minimum absolute atomic E-state index is 0.0447. The van der Waals surface area contributed by atoms with Gasteiger partial charge in [-0.05, 0) is 50.4 Å². The second-order valence-corrected chi connectivity index (χ2v) is 8.15. The van der Waals surface area contributed by atoms with Crippen molar-refractivity contribution in [2.75, 3.05) is 26.7 Å². The number of rotatable bonds is 5. The highest BCUT2D eigenvalue weighted by Crippen LogP contribution is 2.48. The molecule has 2 N–H and O–H groups in total. The number of carbonyl (C=O) groups excluding carboxylic acids is 2. The van der Waals surface area contributed by atoms with Crippen LogP contribution in [0, 0.1) is 23.7 Å². The molecular weight excluding hydrogens is 302 g/mol. The van der Waals surface area contributed by atoms with Gasteiger partial charge in [0.25, 0.3) is 0 Å². The Balaban J connectivity index is 1.50. The molecule has 0 aromatic rings. The largest absolute Gasteiger partial charge is 0.346 e. The molecule has 2 bridgehead atoms. The van der Waals surface area contributed by atoms with Crippen molar-refractivity contribution in [1.82, 2.24) is 9.80 Å². The fourth-order valence-corrected chi connectivity index (χ4v) is 5.08. The SMILES string of the molecule is CCCCN(C)C(=O)C1CCN(C(=O)C2C3CCC(C3)C2N)CC1. The van der Waals surface area contributed by atoms with Crippen LogP contribution in [0.3, 0.4) is 0 Å². The van der Waals surface area contributed by atoms with Crippen molar-refractivity contribution in [3.8, 4) is 0 Å². The molecule has 5 nitrogen and oxygen atoms in total. The van der Waals surface area contributed by atoms with E-state index in [-0.39, 0.29) is 29.7 Å². The van der Waals surface area contributed by atoms with Gasteiger partial charge >= 0.3 is 0 Å². The average Bonchev–Trinajstić information content (AvgIpc) is 3.19. The molecular formula is C19H33N3O2. The van der Waals surface area contributed by atoms with E-state index in [0.717, 1.165) is 51.7 Å². The molecule has 1 aliphatic heterocycles. The van der Waals surface area contributed by atoms with E-state index in [0.29, 0.717) is 11.8 Å². The topological polar surface area (TPSA) is 66.6 Å². The van der Waals surface area contributed by atoms with Gasteiger partial charge in [0.2, 0.25) is 11.8 Å². The minimum Gasteiger partial charge on any atom is -0.346 e. The standard InChI is InChI=1S/C19H33N3O2/c1-3-4-9-21(2)18(23)13-7-10-22(11-8-13)19(24)16-14-5-6-15(12-14)17(16)20/h13-17H,3-12,20H2,1-2H3. The summed E-state index contributed by atoms with van der Waals surface area (Å²) in [7, 11) is 1.91. The van der Waals surface area contributed by atoms with Crippen molar-refractivity contribution in [2.24, 2.45) is 29.4 Å². The predicted molar refractivity (Wildman–Crippen MR) is 94.1 cm³/mol. The van der Waals surface area contributed by atoms with Gasteiger partial charge in [-0.2, -0.15) is 0 Å². The summed E-state index contributed by atoms with van der Waals surface area (Å²) >= 11 is 0. The summed E-state index contributed by atoms with van der Waals surface area (Å²) in [5.74, 6) is 1.73. The number of fused-ring (bicyclic) bond motifs is 2. The number of hydrogen-bond donors (Lipinski definition) is 1. The van der Waals surface area contributed by atoms with Crippen LogP contribution < -0.4 is 5.73 Å². The summed E-state index contributed by atoms with van der Waals surface area (Å²) in [5.41, 5.74) is 6.33. The first-order valence-electron chi connectivity index (χ1n) is 9.82. The maximum Gasteiger partial charge on any atom is 0.227 e. The number of unbranched alkanes of at least 4 members (excludes halogenated alkanes) is 1. The second kappa shape index (κ2) is 7.42. The Morgan fingerprint density at radius 1 is 1.12 bits per heavy atom. The van der Waals surface area contributed by atoms with Crippen LogP contribution in [0.4, 0.5) is 0 Å². The molecule has 0 spiro atoms. The molecule has 2 saturated carbocycles. The smallest absolute Gasteiger partial charge is 0.227 e. The molecule has 136 valence electrons. The van der Waals surface area contributed by atoms with Crippen LogP contribution in [-0.2, 0) is 9.59 Å². The molecule has 0 aromatic heterocycles. The summed E-state index contributed by atoms with van der Waals surface area (Å²) < 4.78 is 0. The molecule has 0 aromatic carbocycles. The zero-order valence-electron chi connectivity index (χ0n) is 15.2. The summed E-state index contributed by atoms with van der Waals surface area (Å²) in [4.78, 5) is 29.3. The molecule has 3 aliphatic rings. The van der Waals surface area contributed by atoms with Crippen LogP contribution >= 0.6 is 0 Å². The zero-order valence-corrected chi connectivity index (χ0v) is 15.2. The van der Waals surface area contributed by atoms with Gasteiger partial charge in [0.1, 0.15) is 0 Å². The van der Waals surface area contributed by atoms with Crippen LogP contribution in [0.15, 0.2) is 0 Å². The molecule has 2 amide bonds. The number of hydrogen-bond acceptors (Lipinski definition) is 3. The number of nitrogens with zero attached hydrogens (tertiary/aromatic N) is 2. The lowest BCUT2D eigenvalue weighted by molar-refractivity contribution is -0.143. The average molecular weight is 335 g/mol. The van der Waals surface area contributed by atoms with E-state index >= 15 is 0 Å². The second-order valence-electron chi connectivity index (χ2n) is 8.15. The lowest BCUT2D eigenvalue weighted by atomic mass is 9.83. The lowest BCUT2D eigenvalue weighted by Gasteiger charge is -2.37. The molecule has 4 atom stereocenters. The zero-order chi connectivity index (χ0) is 17.3. The van der Waals surface area contributed by atoms with Crippen molar-refractivity contribution < 1.29 is 9.59 Å². The van der Waals surface area contributed by atoms with Crippen LogP contribution in [0.25, 0.3) is 0 Å². The van der Waals surface area contributed by atoms with Gasteiger partial charge in [-0.1, -0.05) is 13.3 Å². The first-order chi connectivity index (χ1) is 11.5. The van der Waals surface area contributed by atoms with E-state index in [4.69, 9.17) is 5.73 Å². The van der Waals surface area contributed by atoms with Crippen LogP contribution in [0.1, 0.15) is 51.9 Å². The van der Waals surface area contributed by atoms with Crippen LogP contribution in [0.2, 0.25) is 0 Å². The third kappa shape index (κ3) is 3.32. The fraction of sp³-hybridized carbons (Fsp3) is 0.895. The molecule has 24 heavy (non-hydrogen) atoms. The molecule has 1 saturated heterocycles. The number of nitrogens with two attached hydrogens (primary N) is 1. The Labute approximate surface area is 145 Å². The van der Waals surface area contributed by atoms with E-state index < -0.39 is 0 Å². The number of amides is 2.